The van der Waals surface area contributed by atoms with Gasteiger partial charge in [0.2, 0.25) is 0 Å². The van der Waals surface area contributed by atoms with Crippen molar-refractivity contribution >= 4 is 5.78 Å². The monoisotopic (exact) mass is 261 g/mol. The maximum atomic E-state index is 5.59. The molecule has 0 saturated carbocycles. The van der Waals surface area contributed by atoms with Crippen molar-refractivity contribution in [3.63, 3.8) is 0 Å². The standard InChI is InChI=1S/C13H19N5O/c1-4-14-11-7-19-6-10(11)12-16-17-13-15-8(2)5-9(3)18(12)13/h5,10-11,14H,4,6-7H2,1-3H3. The third-order valence-corrected chi connectivity index (χ3v) is 3.60. The molecule has 1 aliphatic heterocycles. The van der Waals surface area contributed by atoms with Gasteiger partial charge in [0, 0.05) is 17.4 Å². The SMILES string of the molecule is CCNC1COCC1c1nnc2nc(C)cc(C)n12. The lowest BCUT2D eigenvalue weighted by atomic mass is 10.0. The molecule has 0 aromatic carbocycles. The first-order valence-corrected chi connectivity index (χ1v) is 6.71. The minimum Gasteiger partial charge on any atom is -0.379 e. The van der Waals surface area contributed by atoms with Gasteiger partial charge in [-0.3, -0.25) is 4.40 Å². The summed E-state index contributed by atoms with van der Waals surface area (Å²) < 4.78 is 7.63. The molecule has 0 radical (unpaired) electrons. The van der Waals surface area contributed by atoms with Crippen LogP contribution in [-0.4, -0.2) is 45.4 Å². The smallest absolute Gasteiger partial charge is 0.255 e. The topological polar surface area (TPSA) is 64.3 Å². The molecule has 0 amide bonds. The van der Waals surface area contributed by atoms with Crippen molar-refractivity contribution < 1.29 is 4.74 Å². The second-order valence-corrected chi connectivity index (χ2v) is 5.04. The Morgan fingerprint density at radius 1 is 1.37 bits per heavy atom. The number of nitrogens with zero attached hydrogens (tertiary/aromatic N) is 4. The van der Waals surface area contributed by atoms with Crippen molar-refractivity contribution in [2.75, 3.05) is 19.8 Å². The number of fused-ring (bicyclic) bond motifs is 1. The minimum absolute atomic E-state index is 0.234. The first-order valence-electron chi connectivity index (χ1n) is 6.71. The van der Waals surface area contributed by atoms with E-state index in [1.54, 1.807) is 0 Å². The van der Waals surface area contributed by atoms with Crippen LogP contribution in [0.25, 0.3) is 5.78 Å². The van der Waals surface area contributed by atoms with Gasteiger partial charge in [0.05, 0.1) is 19.1 Å². The molecule has 2 unspecified atom stereocenters. The number of likely N-dealkylation sites (N-methyl/N-ethyl adjacent to an activating group) is 1. The lowest BCUT2D eigenvalue weighted by molar-refractivity contribution is 0.187. The van der Waals surface area contributed by atoms with E-state index in [1.807, 2.05) is 11.3 Å². The number of aromatic nitrogens is 4. The van der Waals surface area contributed by atoms with E-state index in [4.69, 9.17) is 4.74 Å². The van der Waals surface area contributed by atoms with Gasteiger partial charge >= 0.3 is 0 Å². The van der Waals surface area contributed by atoms with Crippen LogP contribution in [0.4, 0.5) is 0 Å². The van der Waals surface area contributed by atoms with E-state index in [2.05, 4.69) is 40.4 Å². The van der Waals surface area contributed by atoms with E-state index >= 15 is 0 Å². The number of hydrogen-bond donors (Lipinski definition) is 1. The minimum atomic E-state index is 0.234. The number of hydrogen-bond acceptors (Lipinski definition) is 5. The van der Waals surface area contributed by atoms with Gasteiger partial charge < -0.3 is 10.1 Å². The van der Waals surface area contributed by atoms with Crippen LogP contribution in [0.2, 0.25) is 0 Å². The van der Waals surface area contributed by atoms with Crippen molar-refractivity contribution in [2.24, 2.45) is 0 Å². The van der Waals surface area contributed by atoms with Crippen LogP contribution in [-0.2, 0) is 4.74 Å². The molecule has 1 N–H and O–H groups in total. The van der Waals surface area contributed by atoms with Crippen LogP contribution in [0.5, 0.6) is 0 Å². The Balaban J connectivity index is 2.05. The molecular formula is C13H19N5O. The summed E-state index contributed by atoms with van der Waals surface area (Å²) in [4.78, 5) is 4.43. The Hall–Kier alpha value is -1.53. The van der Waals surface area contributed by atoms with Gasteiger partial charge in [0.1, 0.15) is 5.82 Å². The zero-order valence-electron chi connectivity index (χ0n) is 11.6. The zero-order valence-corrected chi connectivity index (χ0v) is 11.6. The molecule has 0 spiro atoms. The highest BCUT2D eigenvalue weighted by Crippen LogP contribution is 2.25. The fourth-order valence-electron chi connectivity index (χ4n) is 2.77. The highest BCUT2D eigenvalue weighted by atomic mass is 16.5. The molecule has 1 aliphatic rings. The zero-order chi connectivity index (χ0) is 13.4. The van der Waals surface area contributed by atoms with E-state index in [0.717, 1.165) is 30.4 Å². The highest BCUT2D eigenvalue weighted by molar-refractivity contribution is 5.34. The molecule has 19 heavy (non-hydrogen) atoms. The van der Waals surface area contributed by atoms with Crippen LogP contribution in [0.15, 0.2) is 6.07 Å². The Labute approximate surface area is 112 Å². The van der Waals surface area contributed by atoms with Crippen molar-refractivity contribution in [3.05, 3.63) is 23.3 Å². The van der Waals surface area contributed by atoms with Crippen LogP contribution in [0.3, 0.4) is 0 Å². The number of nitrogens with one attached hydrogen (secondary N) is 1. The molecule has 3 rings (SSSR count). The van der Waals surface area contributed by atoms with Gasteiger partial charge in [0.15, 0.2) is 0 Å². The lowest BCUT2D eigenvalue weighted by Crippen LogP contribution is -2.35. The highest BCUT2D eigenvalue weighted by Gasteiger charge is 2.33. The van der Waals surface area contributed by atoms with Crippen molar-refractivity contribution in [2.45, 2.75) is 32.7 Å². The van der Waals surface area contributed by atoms with E-state index < -0.39 is 0 Å². The fourth-order valence-corrected chi connectivity index (χ4v) is 2.77. The van der Waals surface area contributed by atoms with Crippen LogP contribution < -0.4 is 5.32 Å². The van der Waals surface area contributed by atoms with Gasteiger partial charge in [-0.2, -0.15) is 0 Å². The summed E-state index contributed by atoms with van der Waals surface area (Å²) >= 11 is 0. The summed E-state index contributed by atoms with van der Waals surface area (Å²) in [6.07, 6.45) is 0. The average molecular weight is 261 g/mol. The number of rotatable bonds is 3. The molecule has 0 bridgehead atoms. The molecule has 2 atom stereocenters. The second kappa shape index (κ2) is 4.86. The largest absolute Gasteiger partial charge is 0.379 e. The first-order chi connectivity index (χ1) is 9.20. The van der Waals surface area contributed by atoms with Gasteiger partial charge in [0.25, 0.3) is 5.78 Å². The van der Waals surface area contributed by atoms with Gasteiger partial charge in [-0.05, 0) is 26.5 Å². The van der Waals surface area contributed by atoms with E-state index in [9.17, 15) is 0 Å². The molecule has 1 saturated heterocycles. The van der Waals surface area contributed by atoms with Crippen LogP contribution in [0.1, 0.15) is 30.1 Å². The summed E-state index contributed by atoms with van der Waals surface area (Å²) in [5.74, 6) is 1.86. The molecule has 6 heteroatoms. The Morgan fingerprint density at radius 3 is 3.00 bits per heavy atom. The molecule has 3 heterocycles. The van der Waals surface area contributed by atoms with Crippen molar-refractivity contribution in [1.29, 1.82) is 0 Å². The third-order valence-electron chi connectivity index (χ3n) is 3.60. The first kappa shape index (κ1) is 12.5. The molecule has 1 fully saturated rings. The molecular weight excluding hydrogens is 242 g/mol. The predicted octanol–water partition coefficient (Wildman–Crippen LogP) is 0.833. The number of aryl methyl sites for hydroxylation is 2. The summed E-state index contributed by atoms with van der Waals surface area (Å²) in [7, 11) is 0. The molecule has 6 nitrogen and oxygen atoms in total. The normalized spacial score (nSPS) is 23.3. The Bertz CT molecular complexity index is 594. The molecule has 0 aliphatic carbocycles. The second-order valence-electron chi connectivity index (χ2n) is 5.04. The van der Waals surface area contributed by atoms with E-state index in [1.165, 1.54) is 0 Å². The van der Waals surface area contributed by atoms with Gasteiger partial charge in [-0.1, -0.05) is 6.92 Å². The number of ether oxygens (including phenoxy) is 1. The Kier molecular flexibility index (Phi) is 3.20. The lowest BCUT2D eigenvalue weighted by Gasteiger charge is -2.17. The Morgan fingerprint density at radius 2 is 2.21 bits per heavy atom. The molecule has 2 aromatic rings. The average Bonchev–Trinajstić information content (AvgIpc) is 2.95. The molecule has 102 valence electrons. The van der Waals surface area contributed by atoms with Crippen molar-refractivity contribution in [3.8, 4) is 0 Å². The van der Waals surface area contributed by atoms with Gasteiger partial charge in [-0.25, -0.2) is 4.98 Å². The summed E-state index contributed by atoms with van der Waals surface area (Å²) in [6.45, 7) is 8.48. The summed E-state index contributed by atoms with van der Waals surface area (Å²) in [6, 6.07) is 2.36. The third kappa shape index (κ3) is 2.11. The summed E-state index contributed by atoms with van der Waals surface area (Å²) in [5, 5.41) is 12.0. The van der Waals surface area contributed by atoms with Gasteiger partial charge in [-0.15, -0.1) is 10.2 Å². The maximum Gasteiger partial charge on any atom is 0.255 e. The van der Waals surface area contributed by atoms with Crippen molar-refractivity contribution in [1.82, 2.24) is 24.9 Å². The predicted molar refractivity (Wildman–Crippen MR) is 71.3 cm³/mol. The van der Waals surface area contributed by atoms with E-state index in [0.29, 0.717) is 18.4 Å². The fraction of sp³-hybridized carbons (Fsp3) is 0.615. The van der Waals surface area contributed by atoms with E-state index in [-0.39, 0.29) is 5.92 Å². The summed E-state index contributed by atoms with van der Waals surface area (Å²) in [5.41, 5.74) is 2.08. The maximum absolute atomic E-state index is 5.59. The molecule has 2 aromatic heterocycles. The van der Waals surface area contributed by atoms with Crippen LogP contribution in [0, 0.1) is 13.8 Å². The van der Waals surface area contributed by atoms with Crippen LogP contribution >= 0.6 is 0 Å². The quantitative estimate of drug-likeness (QED) is 0.886.